The summed E-state index contributed by atoms with van der Waals surface area (Å²) in [6.45, 7) is 4.83. The third-order valence-corrected chi connectivity index (χ3v) is 5.01. The second-order valence-electron chi connectivity index (χ2n) is 8.43. The SMILES string of the molecule is CC(C)(C)OC(=O)N1CCC(C(=O)N2OCCC2c2cc(F)cc(F)c2F)[C@@H](F)C1. The first-order valence-corrected chi connectivity index (χ1v) is 9.70. The van der Waals surface area contributed by atoms with E-state index in [1.165, 1.54) is 4.90 Å². The molecule has 2 heterocycles. The van der Waals surface area contributed by atoms with E-state index >= 15 is 0 Å². The minimum Gasteiger partial charge on any atom is -0.444 e. The molecule has 0 N–H and O–H groups in total. The number of ether oxygens (including phenoxy) is 1. The van der Waals surface area contributed by atoms with Crippen molar-refractivity contribution in [1.82, 2.24) is 9.96 Å². The normalized spacial score (nSPS) is 24.8. The number of hydrogen-bond donors (Lipinski definition) is 0. The van der Waals surface area contributed by atoms with Crippen LogP contribution in [0.5, 0.6) is 0 Å². The van der Waals surface area contributed by atoms with Crippen LogP contribution < -0.4 is 0 Å². The van der Waals surface area contributed by atoms with Crippen molar-refractivity contribution in [3.05, 3.63) is 35.1 Å². The molecule has 2 unspecified atom stereocenters. The Kier molecular flexibility index (Phi) is 6.26. The van der Waals surface area contributed by atoms with E-state index in [2.05, 4.69) is 0 Å². The molecule has 0 bridgehead atoms. The minimum atomic E-state index is -1.70. The molecule has 0 aliphatic carbocycles. The summed E-state index contributed by atoms with van der Waals surface area (Å²) >= 11 is 0. The van der Waals surface area contributed by atoms with Crippen LogP contribution in [0.15, 0.2) is 12.1 Å². The molecular weight excluding hydrogens is 408 g/mol. The van der Waals surface area contributed by atoms with Crippen molar-refractivity contribution < 1.29 is 36.7 Å². The maximum absolute atomic E-state index is 14.8. The van der Waals surface area contributed by atoms with Gasteiger partial charge in [0, 0.05) is 24.6 Å². The molecule has 2 aliphatic rings. The Labute approximate surface area is 171 Å². The van der Waals surface area contributed by atoms with Crippen molar-refractivity contribution in [2.45, 2.75) is 51.4 Å². The van der Waals surface area contributed by atoms with Crippen LogP contribution in [0.25, 0.3) is 0 Å². The topological polar surface area (TPSA) is 59.1 Å². The van der Waals surface area contributed by atoms with Gasteiger partial charge in [0.2, 0.25) is 0 Å². The first kappa shape index (κ1) is 22.3. The average molecular weight is 432 g/mol. The highest BCUT2D eigenvalue weighted by Crippen LogP contribution is 2.36. The fourth-order valence-corrected chi connectivity index (χ4v) is 3.63. The predicted molar refractivity (Wildman–Crippen MR) is 97.3 cm³/mol. The van der Waals surface area contributed by atoms with Gasteiger partial charge in [-0.3, -0.25) is 9.63 Å². The van der Waals surface area contributed by atoms with Gasteiger partial charge in [0.25, 0.3) is 5.91 Å². The molecule has 0 saturated carbocycles. The molecule has 0 aromatic heterocycles. The van der Waals surface area contributed by atoms with Crippen LogP contribution >= 0.6 is 0 Å². The zero-order valence-electron chi connectivity index (χ0n) is 17.0. The van der Waals surface area contributed by atoms with Gasteiger partial charge in [-0.15, -0.1) is 0 Å². The smallest absolute Gasteiger partial charge is 0.410 e. The molecule has 2 amide bonds. The summed E-state index contributed by atoms with van der Waals surface area (Å²) in [7, 11) is 0. The molecule has 6 nitrogen and oxygen atoms in total. The lowest BCUT2D eigenvalue weighted by Crippen LogP contribution is -2.51. The van der Waals surface area contributed by atoms with E-state index in [9.17, 15) is 27.2 Å². The fraction of sp³-hybridized carbons (Fsp3) is 0.600. The van der Waals surface area contributed by atoms with Crippen LogP contribution in [-0.4, -0.2) is 53.4 Å². The van der Waals surface area contributed by atoms with E-state index in [1.807, 2.05) is 0 Å². The summed E-state index contributed by atoms with van der Waals surface area (Å²) in [5, 5.41) is 0.803. The third-order valence-electron chi connectivity index (χ3n) is 5.01. The molecular formula is C20H24F4N2O4. The Bertz CT molecular complexity index is 830. The number of piperidine rings is 1. The highest BCUT2D eigenvalue weighted by atomic mass is 19.2. The van der Waals surface area contributed by atoms with Crippen molar-refractivity contribution in [1.29, 1.82) is 0 Å². The van der Waals surface area contributed by atoms with E-state index in [-0.39, 0.29) is 38.1 Å². The molecule has 3 rings (SSSR count). The molecule has 30 heavy (non-hydrogen) atoms. The van der Waals surface area contributed by atoms with Crippen molar-refractivity contribution in [2.75, 3.05) is 19.7 Å². The lowest BCUT2D eigenvalue weighted by atomic mass is 9.93. The van der Waals surface area contributed by atoms with E-state index < -0.39 is 53.2 Å². The monoisotopic (exact) mass is 432 g/mol. The summed E-state index contributed by atoms with van der Waals surface area (Å²) < 4.78 is 61.4. The Hall–Kier alpha value is -2.36. The summed E-state index contributed by atoms with van der Waals surface area (Å²) in [5.74, 6) is -5.53. The molecule has 0 radical (unpaired) electrons. The number of benzene rings is 1. The number of rotatable bonds is 2. The van der Waals surface area contributed by atoms with E-state index in [1.54, 1.807) is 20.8 Å². The van der Waals surface area contributed by atoms with Crippen LogP contribution in [0.1, 0.15) is 45.2 Å². The summed E-state index contributed by atoms with van der Waals surface area (Å²) in [4.78, 5) is 31.5. The van der Waals surface area contributed by atoms with Gasteiger partial charge in [0.15, 0.2) is 11.6 Å². The third kappa shape index (κ3) is 4.69. The molecule has 1 aromatic rings. The molecule has 3 atom stereocenters. The van der Waals surface area contributed by atoms with E-state index in [4.69, 9.17) is 9.57 Å². The highest BCUT2D eigenvalue weighted by Gasteiger charge is 2.43. The zero-order valence-corrected chi connectivity index (χ0v) is 17.0. The van der Waals surface area contributed by atoms with Gasteiger partial charge >= 0.3 is 6.09 Å². The number of likely N-dealkylation sites (tertiary alicyclic amines) is 1. The number of carbonyl (C=O) groups excluding carboxylic acids is 2. The standard InChI is InChI=1S/C20H24F4N2O4/c1-20(2,3)30-19(28)25-6-4-12(15(23)10-25)18(27)26-16(5-7-29-26)13-8-11(21)9-14(22)17(13)24/h8-9,12,15-16H,4-7,10H2,1-3H3/t12?,15-,16?/m0/s1. The van der Waals surface area contributed by atoms with Crippen molar-refractivity contribution in [3.8, 4) is 0 Å². The Morgan fingerprint density at radius 1 is 1.17 bits per heavy atom. The molecule has 1 aromatic carbocycles. The first-order chi connectivity index (χ1) is 14.0. The Morgan fingerprint density at radius 2 is 1.87 bits per heavy atom. The van der Waals surface area contributed by atoms with Gasteiger partial charge in [-0.05, 0) is 33.3 Å². The number of nitrogens with zero attached hydrogens (tertiary/aromatic N) is 2. The zero-order chi connectivity index (χ0) is 22.2. The van der Waals surface area contributed by atoms with Gasteiger partial charge < -0.3 is 9.64 Å². The summed E-state index contributed by atoms with van der Waals surface area (Å²) in [6, 6.07) is 0.139. The average Bonchev–Trinajstić information content (AvgIpc) is 3.12. The van der Waals surface area contributed by atoms with Crippen LogP contribution in [-0.2, 0) is 14.4 Å². The van der Waals surface area contributed by atoms with E-state index in [0.717, 1.165) is 11.1 Å². The molecule has 0 spiro atoms. The number of hydroxylamine groups is 2. The maximum atomic E-state index is 14.8. The van der Waals surface area contributed by atoms with Gasteiger partial charge in [0.05, 0.1) is 25.1 Å². The van der Waals surface area contributed by atoms with Gasteiger partial charge in [0.1, 0.15) is 17.6 Å². The quantitative estimate of drug-likeness (QED) is 0.525. The molecule has 2 saturated heterocycles. The summed E-state index contributed by atoms with van der Waals surface area (Å²) in [6.07, 6.45) is -2.26. The van der Waals surface area contributed by atoms with Crippen LogP contribution in [0, 0.1) is 23.4 Å². The van der Waals surface area contributed by atoms with Crippen LogP contribution in [0.2, 0.25) is 0 Å². The second-order valence-corrected chi connectivity index (χ2v) is 8.43. The lowest BCUT2D eigenvalue weighted by molar-refractivity contribution is -0.185. The first-order valence-electron chi connectivity index (χ1n) is 9.70. The number of halogens is 4. The van der Waals surface area contributed by atoms with Gasteiger partial charge in [-0.2, -0.15) is 0 Å². The van der Waals surface area contributed by atoms with Crippen LogP contribution in [0.3, 0.4) is 0 Å². The number of carbonyl (C=O) groups is 2. The molecule has 166 valence electrons. The van der Waals surface area contributed by atoms with E-state index in [0.29, 0.717) is 6.07 Å². The fourth-order valence-electron chi connectivity index (χ4n) is 3.63. The molecule has 10 heteroatoms. The van der Waals surface area contributed by atoms with Crippen molar-refractivity contribution in [3.63, 3.8) is 0 Å². The lowest BCUT2D eigenvalue weighted by Gasteiger charge is -2.36. The number of hydrogen-bond acceptors (Lipinski definition) is 4. The second kappa shape index (κ2) is 8.41. The highest BCUT2D eigenvalue weighted by molar-refractivity contribution is 5.80. The summed E-state index contributed by atoms with van der Waals surface area (Å²) in [5.41, 5.74) is -1.10. The minimum absolute atomic E-state index is 0.00577. The maximum Gasteiger partial charge on any atom is 0.410 e. The van der Waals surface area contributed by atoms with Gasteiger partial charge in [-0.25, -0.2) is 27.4 Å². The molecule has 2 fully saturated rings. The number of amides is 2. The predicted octanol–water partition coefficient (Wildman–Crippen LogP) is 3.90. The van der Waals surface area contributed by atoms with Gasteiger partial charge in [-0.1, -0.05) is 0 Å². The molecule has 2 aliphatic heterocycles. The van der Waals surface area contributed by atoms with Crippen molar-refractivity contribution >= 4 is 12.0 Å². The Balaban J connectivity index is 1.72. The largest absolute Gasteiger partial charge is 0.444 e. The Morgan fingerprint density at radius 3 is 2.50 bits per heavy atom. The number of alkyl halides is 1. The van der Waals surface area contributed by atoms with Crippen molar-refractivity contribution in [2.24, 2.45) is 5.92 Å². The van der Waals surface area contributed by atoms with Crippen LogP contribution in [0.4, 0.5) is 22.4 Å².